The monoisotopic (exact) mass is 368 g/mol. The molecule has 1 N–H and O–H groups in total. The molecule has 26 heavy (non-hydrogen) atoms. The van der Waals surface area contributed by atoms with E-state index < -0.39 is 24.2 Å². The maximum absolute atomic E-state index is 12.8. The number of carboxylic acid groups (broad SMARTS) is 1. The predicted molar refractivity (Wildman–Crippen MR) is 101 cm³/mol. The molecule has 2 aliphatic carbocycles. The van der Waals surface area contributed by atoms with E-state index in [1.54, 1.807) is 0 Å². The molecular weight excluding hydrogens is 334 g/mol. The van der Waals surface area contributed by atoms with Crippen molar-refractivity contribution < 1.29 is 18.7 Å². The third-order valence-corrected chi connectivity index (χ3v) is 6.37. The lowest BCUT2D eigenvalue weighted by Gasteiger charge is -2.39. The SMILES string of the molecule is CCCCCCCC1=CCC(C2CCC(CC(F)F)(C(=O)O)CC2)C=C1. The molecule has 2 nitrogen and oxygen atoms in total. The second-order valence-electron chi connectivity index (χ2n) is 8.22. The number of halogens is 2. The Kier molecular flexibility index (Phi) is 8.30. The zero-order valence-electron chi connectivity index (χ0n) is 16.1. The fourth-order valence-electron chi connectivity index (χ4n) is 4.57. The third kappa shape index (κ3) is 5.92. The molecule has 0 aromatic carbocycles. The molecule has 0 amide bonds. The van der Waals surface area contributed by atoms with Crippen LogP contribution in [-0.4, -0.2) is 17.5 Å². The zero-order chi connectivity index (χ0) is 19.0. The molecule has 1 fully saturated rings. The highest BCUT2D eigenvalue weighted by molar-refractivity contribution is 5.74. The lowest BCUT2D eigenvalue weighted by Crippen LogP contribution is -2.38. The first-order valence-electron chi connectivity index (χ1n) is 10.4. The van der Waals surface area contributed by atoms with Crippen molar-refractivity contribution in [2.75, 3.05) is 0 Å². The number of carbonyl (C=O) groups is 1. The molecule has 0 aromatic heterocycles. The van der Waals surface area contributed by atoms with Gasteiger partial charge in [0.15, 0.2) is 0 Å². The fraction of sp³-hybridized carbons (Fsp3) is 0.773. The molecule has 0 radical (unpaired) electrons. The van der Waals surface area contributed by atoms with E-state index >= 15 is 0 Å². The van der Waals surface area contributed by atoms with E-state index in [0.29, 0.717) is 24.7 Å². The van der Waals surface area contributed by atoms with Gasteiger partial charge in [-0.1, -0.05) is 56.4 Å². The highest BCUT2D eigenvalue weighted by Gasteiger charge is 2.44. The summed E-state index contributed by atoms with van der Waals surface area (Å²) < 4.78 is 25.6. The Labute approximate surface area is 156 Å². The lowest BCUT2D eigenvalue weighted by molar-refractivity contribution is -0.155. The summed E-state index contributed by atoms with van der Waals surface area (Å²) in [6.45, 7) is 2.23. The first-order valence-corrected chi connectivity index (χ1v) is 10.4. The average Bonchev–Trinajstić information content (AvgIpc) is 2.62. The molecule has 0 aliphatic heterocycles. The maximum atomic E-state index is 12.8. The van der Waals surface area contributed by atoms with E-state index in [2.05, 4.69) is 25.2 Å². The van der Waals surface area contributed by atoms with Gasteiger partial charge in [-0.15, -0.1) is 0 Å². The molecule has 0 spiro atoms. The Morgan fingerprint density at radius 2 is 1.92 bits per heavy atom. The van der Waals surface area contributed by atoms with Crippen molar-refractivity contribution >= 4 is 5.97 Å². The topological polar surface area (TPSA) is 37.3 Å². The molecule has 0 saturated heterocycles. The van der Waals surface area contributed by atoms with E-state index in [1.807, 2.05) is 0 Å². The van der Waals surface area contributed by atoms with Gasteiger partial charge < -0.3 is 5.11 Å². The molecule has 0 aromatic rings. The molecule has 1 saturated carbocycles. The summed E-state index contributed by atoms with van der Waals surface area (Å²) in [5.74, 6) is -0.170. The number of alkyl halides is 2. The van der Waals surface area contributed by atoms with Crippen LogP contribution in [0.5, 0.6) is 0 Å². The van der Waals surface area contributed by atoms with Crippen LogP contribution in [0.1, 0.15) is 84.0 Å². The Morgan fingerprint density at radius 1 is 1.23 bits per heavy atom. The summed E-state index contributed by atoms with van der Waals surface area (Å²) >= 11 is 0. The van der Waals surface area contributed by atoms with E-state index in [1.165, 1.54) is 37.7 Å². The van der Waals surface area contributed by atoms with Gasteiger partial charge in [0, 0.05) is 6.42 Å². The second kappa shape index (κ2) is 10.2. The summed E-state index contributed by atoms with van der Waals surface area (Å²) in [5, 5.41) is 9.45. The van der Waals surface area contributed by atoms with Gasteiger partial charge >= 0.3 is 5.97 Å². The Bertz CT molecular complexity index is 502. The number of hydrogen-bond acceptors (Lipinski definition) is 1. The summed E-state index contributed by atoms with van der Waals surface area (Å²) in [4.78, 5) is 11.5. The van der Waals surface area contributed by atoms with Crippen LogP contribution in [0.4, 0.5) is 8.78 Å². The Hall–Kier alpha value is -1.19. The second-order valence-corrected chi connectivity index (χ2v) is 8.22. The molecule has 0 heterocycles. The third-order valence-electron chi connectivity index (χ3n) is 6.37. The van der Waals surface area contributed by atoms with Gasteiger partial charge in [0.1, 0.15) is 0 Å². The van der Waals surface area contributed by atoms with Gasteiger partial charge in [-0.05, 0) is 56.8 Å². The molecule has 2 aliphatic rings. The standard InChI is InChI=1S/C22H34F2O2/c1-2-3-4-5-6-7-17-8-10-18(11-9-17)19-12-14-22(15-13-19,21(25)26)16-20(23)24/h8-10,18-20H,2-7,11-16H2,1H3,(H,25,26). The first kappa shape index (κ1) is 21.1. The molecular formula is C22H34F2O2. The van der Waals surface area contributed by atoms with Crippen molar-refractivity contribution in [1.29, 1.82) is 0 Å². The molecule has 2 rings (SSSR count). The van der Waals surface area contributed by atoms with Crippen LogP contribution < -0.4 is 0 Å². The van der Waals surface area contributed by atoms with Crippen LogP contribution in [-0.2, 0) is 4.79 Å². The predicted octanol–water partition coefficient (Wildman–Crippen LogP) is 6.77. The van der Waals surface area contributed by atoms with Crippen LogP contribution in [0.3, 0.4) is 0 Å². The van der Waals surface area contributed by atoms with Crippen molar-refractivity contribution in [1.82, 2.24) is 0 Å². The maximum Gasteiger partial charge on any atom is 0.309 e. The highest BCUT2D eigenvalue weighted by Crippen LogP contribution is 2.46. The van der Waals surface area contributed by atoms with Crippen molar-refractivity contribution in [3.05, 3.63) is 23.8 Å². The highest BCUT2D eigenvalue weighted by atomic mass is 19.3. The summed E-state index contributed by atoms with van der Waals surface area (Å²) in [5.41, 5.74) is 0.217. The van der Waals surface area contributed by atoms with Gasteiger partial charge in [-0.25, -0.2) is 8.78 Å². The number of unbranched alkanes of at least 4 members (excludes halogenated alkanes) is 4. The first-order chi connectivity index (χ1) is 12.5. The van der Waals surface area contributed by atoms with Gasteiger partial charge in [0.05, 0.1) is 5.41 Å². The van der Waals surface area contributed by atoms with Gasteiger partial charge in [-0.2, -0.15) is 0 Å². The molecule has 4 heteroatoms. The Morgan fingerprint density at radius 3 is 2.46 bits per heavy atom. The zero-order valence-corrected chi connectivity index (χ0v) is 16.1. The fourth-order valence-corrected chi connectivity index (χ4v) is 4.57. The van der Waals surface area contributed by atoms with E-state index in [4.69, 9.17) is 0 Å². The van der Waals surface area contributed by atoms with Crippen molar-refractivity contribution in [3.8, 4) is 0 Å². The van der Waals surface area contributed by atoms with Crippen molar-refractivity contribution in [2.24, 2.45) is 17.3 Å². The lowest BCUT2D eigenvalue weighted by atomic mass is 9.65. The van der Waals surface area contributed by atoms with Gasteiger partial charge in [-0.3, -0.25) is 4.79 Å². The van der Waals surface area contributed by atoms with Crippen LogP contribution in [0.2, 0.25) is 0 Å². The molecule has 0 bridgehead atoms. The summed E-state index contributed by atoms with van der Waals surface area (Å²) in [6, 6.07) is 0. The number of aliphatic carboxylic acids is 1. The van der Waals surface area contributed by atoms with Crippen molar-refractivity contribution in [3.63, 3.8) is 0 Å². The number of hydrogen-bond donors (Lipinski definition) is 1. The summed E-state index contributed by atoms with van der Waals surface area (Å²) in [6.07, 6.45) is 14.7. The largest absolute Gasteiger partial charge is 0.481 e. The van der Waals surface area contributed by atoms with Gasteiger partial charge in [0.25, 0.3) is 0 Å². The Balaban J connectivity index is 1.77. The molecule has 148 valence electrons. The molecule has 1 unspecified atom stereocenters. The van der Waals surface area contributed by atoms with E-state index in [0.717, 1.165) is 25.7 Å². The normalized spacial score (nSPS) is 29.0. The minimum absolute atomic E-state index is 0.385. The number of carboxylic acids is 1. The van der Waals surface area contributed by atoms with Gasteiger partial charge in [0.2, 0.25) is 6.43 Å². The van der Waals surface area contributed by atoms with E-state index in [9.17, 15) is 18.7 Å². The number of allylic oxidation sites excluding steroid dienone is 4. The van der Waals surface area contributed by atoms with Crippen LogP contribution >= 0.6 is 0 Å². The smallest absolute Gasteiger partial charge is 0.309 e. The van der Waals surface area contributed by atoms with Crippen LogP contribution in [0.25, 0.3) is 0 Å². The van der Waals surface area contributed by atoms with Crippen LogP contribution in [0, 0.1) is 17.3 Å². The molecule has 1 atom stereocenters. The summed E-state index contributed by atoms with van der Waals surface area (Å²) in [7, 11) is 0. The minimum atomic E-state index is -2.54. The minimum Gasteiger partial charge on any atom is -0.481 e. The number of rotatable bonds is 10. The van der Waals surface area contributed by atoms with Crippen LogP contribution in [0.15, 0.2) is 23.8 Å². The van der Waals surface area contributed by atoms with E-state index in [-0.39, 0.29) is 0 Å². The quantitative estimate of drug-likeness (QED) is 0.432. The van der Waals surface area contributed by atoms with Crippen molar-refractivity contribution in [2.45, 2.75) is 90.4 Å². The average molecular weight is 369 g/mol.